The van der Waals surface area contributed by atoms with Crippen LogP contribution in [0.15, 0.2) is 58.5 Å². The lowest BCUT2D eigenvalue weighted by molar-refractivity contribution is -0.665. The molecule has 0 bridgehead atoms. The Kier molecular flexibility index (Phi) is 7.13. The van der Waals surface area contributed by atoms with Gasteiger partial charge in [-0.25, -0.2) is 0 Å². The molecule has 3 aromatic rings. The molecule has 0 saturated carbocycles. The van der Waals surface area contributed by atoms with Crippen molar-refractivity contribution in [1.29, 1.82) is 0 Å². The fraction of sp³-hybridized carbons (Fsp3) is 0.320. The standard InChI is InChI=1S/C25H29N2O2S2/c1-5-26-20-14-18(16-28-3)10-12-22(20)30-24(26)8-7-9-25-27(6-2)21-15-19(17-29-4)11-13-23(21)31-25/h7-15H,5-6,16-17H2,1-4H3/q+1. The number of methoxy groups -OCH3 is 2. The van der Waals surface area contributed by atoms with Crippen molar-refractivity contribution in [2.45, 2.75) is 38.5 Å². The van der Waals surface area contributed by atoms with Gasteiger partial charge in [0.1, 0.15) is 11.2 Å². The van der Waals surface area contributed by atoms with Gasteiger partial charge in [-0.2, -0.15) is 4.57 Å². The lowest BCUT2D eigenvalue weighted by atomic mass is 10.2. The lowest BCUT2D eigenvalue weighted by Crippen LogP contribution is -2.33. The smallest absolute Gasteiger partial charge is 0.262 e. The minimum absolute atomic E-state index is 0.642. The first-order valence-electron chi connectivity index (χ1n) is 10.6. The van der Waals surface area contributed by atoms with E-state index in [1.54, 1.807) is 14.2 Å². The molecule has 0 radical (unpaired) electrons. The number of allylic oxidation sites excluding steroid dienone is 2. The van der Waals surface area contributed by atoms with Crippen LogP contribution in [0.2, 0.25) is 0 Å². The van der Waals surface area contributed by atoms with Gasteiger partial charge < -0.3 is 14.4 Å². The highest BCUT2D eigenvalue weighted by atomic mass is 32.2. The summed E-state index contributed by atoms with van der Waals surface area (Å²) in [4.78, 5) is 3.68. The van der Waals surface area contributed by atoms with E-state index in [-0.39, 0.29) is 0 Å². The quantitative estimate of drug-likeness (QED) is 0.391. The molecule has 1 aliphatic rings. The molecule has 2 heterocycles. The Hall–Kier alpha value is -2.12. The summed E-state index contributed by atoms with van der Waals surface area (Å²) in [6, 6.07) is 13.2. The van der Waals surface area contributed by atoms with E-state index >= 15 is 0 Å². The number of aryl methyl sites for hydroxylation is 1. The zero-order valence-corrected chi connectivity index (χ0v) is 20.2. The maximum atomic E-state index is 5.31. The van der Waals surface area contributed by atoms with Crippen LogP contribution < -0.4 is 9.47 Å². The molecule has 0 aliphatic carbocycles. The molecule has 162 valence electrons. The average molecular weight is 454 g/mol. The molecule has 31 heavy (non-hydrogen) atoms. The van der Waals surface area contributed by atoms with Gasteiger partial charge in [0.05, 0.1) is 23.9 Å². The first kappa shape index (κ1) is 22.1. The summed E-state index contributed by atoms with van der Waals surface area (Å²) in [6.45, 7) is 7.56. The van der Waals surface area contributed by atoms with Crippen LogP contribution in [0.4, 0.5) is 5.69 Å². The Morgan fingerprint density at radius 1 is 1.00 bits per heavy atom. The largest absolute Gasteiger partial charge is 0.380 e. The Bertz CT molecular complexity index is 1130. The van der Waals surface area contributed by atoms with E-state index in [0.717, 1.165) is 13.1 Å². The van der Waals surface area contributed by atoms with Crippen LogP contribution in [-0.2, 0) is 29.2 Å². The number of thiazole rings is 1. The van der Waals surface area contributed by atoms with Crippen LogP contribution in [0, 0.1) is 0 Å². The number of hydrogen-bond acceptors (Lipinski definition) is 5. The van der Waals surface area contributed by atoms with E-state index in [9.17, 15) is 0 Å². The van der Waals surface area contributed by atoms with Crippen molar-refractivity contribution in [3.63, 3.8) is 0 Å². The highest BCUT2D eigenvalue weighted by Gasteiger charge is 2.24. The maximum Gasteiger partial charge on any atom is 0.262 e. The number of anilines is 1. The van der Waals surface area contributed by atoms with Gasteiger partial charge in [-0.1, -0.05) is 41.3 Å². The summed E-state index contributed by atoms with van der Waals surface area (Å²) in [5.74, 6) is 0. The lowest BCUT2D eigenvalue weighted by Gasteiger charge is -2.18. The zero-order valence-electron chi connectivity index (χ0n) is 18.6. The van der Waals surface area contributed by atoms with E-state index in [1.807, 2.05) is 23.1 Å². The molecule has 4 nitrogen and oxygen atoms in total. The predicted octanol–water partition coefficient (Wildman–Crippen LogP) is 5.99. The summed E-state index contributed by atoms with van der Waals surface area (Å²) in [6.07, 6.45) is 6.63. The highest BCUT2D eigenvalue weighted by molar-refractivity contribution is 8.03. The van der Waals surface area contributed by atoms with Gasteiger partial charge in [-0.05, 0) is 49.2 Å². The predicted molar refractivity (Wildman–Crippen MR) is 132 cm³/mol. The zero-order chi connectivity index (χ0) is 21.8. The first-order valence-corrected chi connectivity index (χ1v) is 12.2. The van der Waals surface area contributed by atoms with Crippen molar-refractivity contribution < 1.29 is 14.0 Å². The van der Waals surface area contributed by atoms with Gasteiger partial charge in [0.25, 0.3) is 5.01 Å². The number of nitrogens with zero attached hydrogens (tertiary/aromatic N) is 2. The number of aromatic nitrogens is 1. The molecular weight excluding hydrogens is 424 g/mol. The summed E-state index contributed by atoms with van der Waals surface area (Å²) < 4.78 is 14.3. The fourth-order valence-electron chi connectivity index (χ4n) is 3.92. The highest BCUT2D eigenvalue weighted by Crippen LogP contribution is 2.46. The molecule has 0 unspecified atom stereocenters. The molecule has 4 rings (SSSR count). The Labute approximate surface area is 192 Å². The van der Waals surface area contributed by atoms with Crippen LogP contribution in [0.3, 0.4) is 0 Å². The van der Waals surface area contributed by atoms with Crippen LogP contribution in [0.1, 0.15) is 30.0 Å². The summed E-state index contributed by atoms with van der Waals surface area (Å²) in [7, 11) is 3.48. The van der Waals surface area contributed by atoms with Crippen molar-refractivity contribution in [1.82, 2.24) is 0 Å². The Morgan fingerprint density at radius 3 is 2.45 bits per heavy atom. The van der Waals surface area contributed by atoms with Crippen LogP contribution >= 0.6 is 23.1 Å². The van der Waals surface area contributed by atoms with Gasteiger partial charge >= 0.3 is 0 Å². The van der Waals surface area contributed by atoms with Crippen LogP contribution in [-0.4, -0.2) is 20.8 Å². The van der Waals surface area contributed by atoms with Crippen molar-refractivity contribution in [3.8, 4) is 0 Å². The first-order chi connectivity index (χ1) is 15.2. The molecule has 1 aliphatic heterocycles. The normalized spacial score (nSPS) is 15.0. The average Bonchev–Trinajstić information content (AvgIpc) is 3.30. The minimum atomic E-state index is 0.642. The summed E-state index contributed by atoms with van der Waals surface area (Å²) >= 11 is 3.66. The number of ether oxygens (including phenoxy) is 2. The van der Waals surface area contributed by atoms with Crippen LogP contribution in [0.25, 0.3) is 16.3 Å². The third kappa shape index (κ3) is 4.58. The molecule has 2 aromatic carbocycles. The summed E-state index contributed by atoms with van der Waals surface area (Å²) in [5, 5.41) is 2.52. The molecular formula is C25H29N2O2S2+. The molecule has 0 saturated heterocycles. The second kappa shape index (κ2) is 10.0. The second-order valence-electron chi connectivity index (χ2n) is 7.37. The van der Waals surface area contributed by atoms with E-state index < -0.39 is 0 Å². The number of thioether (sulfide) groups is 1. The molecule has 0 fully saturated rings. The van der Waals surface area contributed by atoms with E-state index in [4.69, 9.17) is 9.47 Å². The van der Waals surface area contributed by atoms with Crippen molar-refractivity contribution >= 4 is 45.1 Å². The molecule has 0 atom stereocenters. The minimum Gasteiger partial charge on any atom is -0.380 e. The van der Waals surface area contributed by atoms with Gasteiger partial charge in [-0.15, -0.1) is 0 Å². The topological polar surface area (TPSA) is 25.6 Å². The number of hydrogen-bond donors (Lipinski definition) is 0. The molecule has 1 aromatic heterocycles. The molecule has 6 heteroatoms. The SMILES string of the molecule is CCN1/C(=C\C=C\c2sc3ccc(COC)cc3[n+]2CC)Sc2ccc(COC)cc21. The molecule has 0 amide bonds. The Morgan fingerprint density at radius 2 is 1.74 bits per heavy atom. The Balaban J connectivity index is 1.60. The van der Waals surface area contributed by atoms with E-state index in [1.165, 1.54) is 42.0 Å². The van der Waals surface area contributed by atoms with Crippen molar-refractivity contribution in [3.05, 3.63) is 69.7 Å². The molecule has 0 N–H and O–H groups in total. The third-order valence-corrected chi connectivity index (χ3v) is 7.58. The number of benzene rings is 2. The van der Waals surface area contributed by atoms with Gasteiger partial charge in [0.15, 0.2) is 0 Å². The second-order valence-corrected chi connectivity index (χ2v) is 9.49. The fourth-order valence-corrected chi connectivity index (χ4v) is 6.16. The maximum absolute atomic E-state index is 5.31. The monoisotopic (exact) mass is 453 g/mol. The van der Waals surface area contributed by atoms with E-state index in [0.29, 0.717) is 13.2 Å². The number of fused-ring (bicyclic) bond motifs is 2. The number of rotatable bonds is 8. The van der Waals surface area contributed by atoms with Gasteiger partial charge in [0, 0.05) is 37.8 Å². The van der Waals surface area contributed by atoms with Crippen LogP contribution in [0.5, 0.6) is 0 Å². The third-order valence-electron chi connectivity index (χ3n) is 5.32. The van der Waals surface area contributed by atoms with Gasteiger partial charge in [-0.3, -0.25) is 0 Å². The van der Waals surface area contributed by atoms with Crippen molar-refractivity contribution in [2.75, 3.05) is 25.7 Å². The summed E-state index contributed by atoms with van der Waals surface area (Å²) in [5.41, 5.74) is 4.97. The van der Waals surface area contributed by atoms with Gasteiger partial charge in [0.2, 0.25) is 5.52 Å². The van der Waals surface area contributed by atoms with Crippen molar-refractivity contribution in [2.24, 2.45) is 0 Å². The molecule has 0 spiro atoms. The van der Waals surface area contributed by atoms with E-state index in [2.05, 4.69) is 77.9 Å².